The van der Waals surface area contributed by atoms with E-state index in [-0.39, 0.29) is 36.7 Å². The maximum atomic E-state index is 13.1. The van der Waals surface area contributed by atoms with Gasteiger partial charge in [-0.15, -0.1) is 24.8 Å². The molecule has 0 spiro atoms. The van der Waals surface area contributed by atoms with Crippen molar-refractivity contribution in [3.05, 3.63) is 71.5 Å². The molecule has 2 aromatic rings. The maximum Gasteiger partial charge on any atom is 0.320 e. The summed E-state index contributed by atoms with van der Waals surface area (Å²) in [7, 11) is 0. The quantitative estimate of drug-likeness (QED) is 0.275. The highest BCUT2D eigenvalue weighted by Crippen LogP contribution is 2.41. The number of likely N-dealkylation sites (tertiary alicyclic amines) is 1. The Morgan fingerprint density at radius 1 is 1.03 bits per heavy atom. The fourth-order valence-electron chi connectivity index (χ4n) is 6.60. The molecule has 2 N–H and O–H groups in total. The van der Waals surface area contributed by atoms with Gasteiger partial charge in [0.05, 0.1) is 0 Å². The smallest absolute Gasteiger partial charge is 0.320 e. The highest BCUT2D eigenvalue weighted by atomic mass is 35.5. The topological polar surface area (TPSA) is 52.6 Å². The summed E-state index contributed by atoms with van der Waals surface area (Å²) in [6.45, 7) is 7.59. The number of carboxylic acid groups (broad SMARTS) is 1. The van der Waals surface area contributed by atoms with E-state index in [1.54, 1.807) is 12.1 Å². The number of aryl methyl sites for hydroxylation is 1. The van der Waals surface area contributed by atoms with Crippen molar-refractivity contribution >= 4 is 30.8 Å². The lowest BCUT2D eigenvalue weighted by Gasteiger charge is -2.35. The summed E-state index contributed by atoms with van der Waals surface area (Å²) in [6, 6.07) is 17.5. The Labute approximate surface area is 247 Å². The lowest BCUT2D eigenvalue weighted by molar-refractivity contribution is -0.140. The second-order valence-corrected chi connectivity index (χ2v) is 11.9. The number of benzene rings is 2. The van der Waals surface area contributed by atoms with Gasteiger partial charge in [-0.1, -0.05) is 62.7 Å². The maximum absolute atomic E-state index is 13.1. The van der Waals surface area contributed by atoms with Gasteiger partial charge in [0, 0.05) is 12.6 Å². The monoisotopic (exact) mass is 580 g/mol. The predicted molar refractivity (Wildman–Crippen MR) is 163 cm³/mol. The summed E-state index contributed by atoms with van der Waals surface area (Å²) in [5.41, 5.74) is 2.62. The van der Waals surface area contributed by atoms with E-state index in [0.717, 1.165) is 44.8 Å². The van der Waals surface area contributed by atoms with E-state index < -0.39 is 12.0 Å². The molecule has 0 amide bonds. The molecule has 3 unspecified atom stereocenters. The normalized spacial score (nSPS) is 22.7. The number of piperidine rings is 1. The average Bonchev–Trinajstić information content (AvgIpc) is 3.28. The Balaban J connectivity index is 0.00000267. The van der Waals surface area contributed by atoms with Crippen molar-refractivity contribution in [2.45, 2.75) is 83.2 Å². The van der Waals surface area contributed by atoms with Crippen molar-refractivity contribution in [1.29, 1.82) is 0 Å². The average molecular weight is 582 g/mol. The molecule has 1 saturated carbocycles. The van der Waals surface area contributed by atoms with Gasteiger partial charge in [-0.05, 0) is 105 Å². The van der Waals surface area contributed by atoms with E-state index >= 15 is 0 Å². The first kappa shape index (κ1) is 33.5. The minimum Gasteiger partial charge on any atom is -0.480 e. The van der Waals surface area contributed by atoms with E-state index in [1.807, 2.05) is 12.1 Å². The standard InChI is InChI=1S/C32H45FN2O2.2ClH/c1-23(2)19-31(32(36)37)34-29-20-27(30(21-29)26-9-4-3-5-10-26)22-35-17-15-25(16-18-35)8-6-7-24-11-13-28(33)14-12-24;;/h3-5,9-14,23,25,27,29-31,34H,6-8,15-22H2,1-2H3,(H,36,37);2*1H/t27?,29?,30?,31-;;/m0../s1. The SMILES string of the molecule is CC(C)C[C@H](NC1CC(CN2CCC(CCCc3ccc(F)cc3)CC2)C(c2ccccc2)C1)C(=O)O.Cl.Cl. The Morgan fingerprint density at radius 2 is 1.69 bits per heavy atom. The summed E-state index contributed by atoms with van der Waals surface area (Å²) in [5.74, 6) is 1.27. The van der Waals surface area contributed by atoms with E-state index in [2.05, 4.69) is 54.4 Å². The summed E-state index contributed by atoms with van der Waals surface area (Å²) in [5, 5.41) is 13.3. The van der Waals surface area contributed by atoms with Crippen LogP contribution in [0.1, 0.15) is 75.8 Å². The third kappa shape index (κ3) is 10.4. The summed E-state index contributed by atoms with van der Waals surface area (Å²) < 4.78 is 13.1. The van der Waals surface area contributed by atoms with Crippen LogP contribution in [0.3, 0.4) is 0 Å². The molecule has 1 saturated heterocycles. The zero-order valence-electron chi connectivity index (χ0n) is 23.4. The Morgan fingerprint density at radius 3 is 2.31 bits per heavy atom. The molecule has 7 heteroatoms. The number of nitrogens with one attached hydrogen (secondary N) is 1. The second kappa shape index (κ2) is 16.6. The number of hydrogen-bond donors (Lipinski definition) is 2. The number of carboxylic acids is 1. The lowest BCUT2D eigenvalue weighted by Crippen LogP contribution is -2.43. The first-order valence-corrected chi connectivity index (χ1v) is 14.4. The van der Waals surface area contributed by atoms with Gasteiger partial charge in [-0.2, -0.15) is 0 Å². The van der Waals surface area contributed by atoms with Crippen LogP contribution in [0.2, 0.25) is 0 Å². The number of halogens is 3. The Bertz CT molecular complexity index is 968. The fraction of sp³-hybridized carbons (Fsp3) is 0.594. The van der Waals surface area contributed by atoms with Crippen molar-refractivity contribution in [1.82, 2.24) is 10.2 Å². The Hall–Kier alpha value is -1.66. The molecule has 0 bridgehead atoms. The molecular weight excluding hydrogens is 534 g/mol. The highest BCUT2D eigenvalue weighted by Gasteiger charge is 2.38. The molecule has 1 aliphatic heterocycles. The van der Waals surface area contributed by atoms with Crippen LogP contribution in [-0.4, -0.2) is 47.7 Å². The van der Waals surface area contributed by atoms with Crippen molar-refractivity contribution in [2.75, 3.05) is 19.6 Å². The van der Waals surface area contributed by atoms with Gasteiger partial charge >= 0.3 is 5.97 Å². The molecule has 4 nitrogen and oxygen atoms in total. The van der Waals surface area contributed by atoms with Crippen LogP contribution in [0.5, 0.6) is 0 Å². The zero-order valence-corrected chi connectivity index (χ0v) is 25.1. The van der Waals surface area contributed by atoms with Crippen molar-refractivity contribution in [3.8, 4) is 0 Å². The van der Waals surface area contributed by atoms with Gasteiger partial charge in [0.2, 0.25) is 0 Å². The molecule has 2 fully saturated rings. The van der Waals surface area contributed by atoms with Crippen LogP contribution in [-0.2, 0) is 11.2 Å². The number of aliphatic carboxylic acids is 1. The summed E-state index contributed by atoms with van der Waals surface area (Å²) >= 11 is 0. The van der Waals surface area contributed by atoms with Crippen molar-refractivity contribution in [2.24, 2.45) is 17.8 Å². The van der Waals surface area contributed by atoms with Crippen molar-refractivity contribution < 1.29 is 14.3 Å². The van der Waals surface area contributed by atoms with Crippen LogP contribution in [0.25, 0.3) is 0 Å². The largest absolute Gasteiger partial charge is 0.480 e. The highest BCUT2D eigenvalue weighted by molar-refractivity contribution is 5.85. The summed E-state index contributed by atoms with van der Waals surface area (Å²) in [4.78, 5) is 14.5. The van der Waals surface area contributed by atoms with E-state index in [1.165, 1.54) is 36.8 Å². The van der Waals surface area contributed by atoms with Crippen LogP contribution >= 0.6 is 24.8 Å². The van der Waals surface area contributed by atoms with Gasteiger partial charge in [0.25, 0.3) is 0 Å². The van der Waals surface area contributed by atoms with E-state index in [4.69, 9.17) is 0 Å². The molecule has 0 radical (unpaired) electrons. The van der Waals surface area contributed by atoms with E-state index in [0.29, 0.717) is 24.2 Å². The van der Waals surface area contributed by atoms with Crippen LogP contribution in [0, 0.1) is 23.6 Å². The third-order valence-corrected chi connectivity index (χ3v) is 8.56. The first-order chi connectivity index (χ1) is 17.9. The molecular formula is C32H47Cl2FN2O2. The molecule has 0 aromatic heterocycles. The molecule has 4 rings (SSSR count). The van der Waals surface area contributed by atoms with Gasteiger partial charge in [0.1, 0.15) is 11.9 Å². The van der Waals surface area contributed by atoms with Crippen molar-refractivity contribution in [3.63, 3.8) is 0 Å². The number of nitrogens with zero attached hydrogens (tertiary/aromatic N) is 1. The molecule has 2 aliphatic rings. The third-order valence-electron chi connectivity index (χ3n) is 8.56. The van der Waals surface area contributed by atoms with Gasteiger partial charge in [-0.25, -0.2) is 4.39 Å². The fourth-order valence-corrected chi connectivity index (χ4v) is 6.60. The molecule has 4 atom stereocenters. The number of carbonyl (C=O) groups is 1. The minimum absolute atomic E-state index is 0. The van der Waals surface area contributed by atoms with Gasteiger partial charge in [0.15, 0.2) is 0 Å². The van der Waals surface area contributed by atoms with Crippen LogP contribution < -0.4 is 5.32 Å². The van der Waals surface area contributed by atoms with Crippen LogP contribution in [0.4, 0.5) is 4.39 Å². The summed E-state index contributed by atoms with van der Waals surface area (Å²) in [6.07, 6.45) is 8.68. The number of rotatable bonds is 12. The van der Waals surface area contributed by atoms with Gasteiger partial charge in [-0.3, -0.25) is 4.79 Å². The number of hydrogen-bond acceptors (Lipinski definition) is 3. The Kier molecular flexibility index (Phi) is 14.3. The molecule has 1 heterocycles. The molecule has 1 aliphatic carbocycles. The molecule has 218 valence electrons. The molecule has 2 aromatic carbocycles. The first-order valence-electron chi connectivity index (χ1n) is 14.4. The second-order valence-electron chi connectivity index (χ2n) is 11.9. The lowest BCUT2D eigenvalue weighted by atomic mass is 9.87. The molecule has 39 heavy (non-hydrogen) atoms. The van der Waals surface area contributed by atoms with E-state index in [9.17, 15) is 14.3 Å². The van der Waals surface area contributed by atoms with Crippen LogP contribution in [0.15, 0.2) is 54.6 Å². The zero-order chi connectivity index (χ0) is 26.2. The predicted octanol–water partition coefficient (Wildman–Crippen LogP) is 7.36. The minimum atomic E-state index is -0.727. The van der Waals surface area contributed by atoms with Gasteiger partial charge < -0.3 is 15.3 Å².